The lowest BCUT2D eigenvalue weighted by Gasteiger charge is -2.32. The van der Waals surface area contributed by atoms with Gasteiger partial charge in [0.05, 0.1) is 12.2 Å². The van der Waals surface area contributed by atoms with Gasteiger partial charge in [-0.15, -0.1) is 11.3 Å². The Morgan fingerprint density at radius 2 is 2.46 bits per heavy atom. The van der Waals surface area contributed by atoms with Crippen LogP contribution in [0.25, 0.3) is 0 Å². The molecular formula is C16H21N5OS2. The van der Waals surface area contributed by atoms with Crippen LogP contribution in [0.2, 0.25) is 0 Å². The first kappa shape index (κ1) is 17.2. The molecule has 0 radical (unpaired) electrons. The second kappa shape index (κ2) is 8.43. The topological polar surface area (TPSA) is 71.0 Å². The van der Waals surface area contributed by atoms with E-state index in [1.807, 2.05) is 16.3 Å². The summed E-state index contributed by atoms with van der Waals surface area (Å²) in [7, 11) is 0. The fraction of sp³-hybridized carbons (Fsp3) is 0.500. The summed E-state index contributed by atoms with van der Waals surface area (Å²) in [6.07, 6.45) is 7.45. The average Bonchev–Trinajstić information content (AvgIpc) is 3.08. The monoisotopic (exact) mass is 363 g/mol. The van der Waals surface area contributed by atoms with Crippen molar-refractivity contribution in [3.05, 3.63) is 40.4 Å². The number of hydrogen-bond donors (Lipinski definition) is 1. The Morgan fingerprint density at radius 3 is 3.25 bits per heavy atom. The number of thiazole rings is 1. The molecule has 1 N–H and O–H groups in total. The molecule has 128 valence electrons. The number of hydrogen-bond acceptors (Lipinski definition) is 6. The van der Waals surface area contributed by atoms with Gasteiger partial charge in [0.1, 0.15) is 11.3 Å². The van der Waals surface area contributed by atoms with E-state index in [-0.39, 0.29) is 6.03 Å². The van der Waals surface area contributed by atoms with Crippen LogP contribution in [0.4, 0.5) is 4.79 Å². The van der Waals surface area contributed by atoms with E-state index in [1.165, 1.54) is 0 Å². The Morgan fingerprint density at radius 1 is 1.54 bits per heavy atom. The van der Waals surface area contributed by atoms with Crippen LogP contribution >= 0.6 is 23.1 Å². The molecule has 1 aliphatic heterocycles. The Kier molecular flexibility index (Phi) is 6.03. The average molecular weight is 364 g/mol. The molecule has 24 heavy (non-hydrogen) atoms. The lowest BCUT2D eigenvalue weighted by Crippen LogP contribution is -2.44. The number of likely N-dealkylation sites (tertiary alicyclic amines) is 1. The first-order chi connectivity index (χ1) is 11.8. The second-order valence-corrected chi connectivity index (χ2v) is 7.55. The number of rotatable bonds is 5. The van der Waals surface area contributed by atoms with Gasteiger partial charge in [-0.1, -0.05) is 0 Å². The third-order valence-electron chi connectivity index (χ3n) is 4.02. The maximum absolute atomic E-state index is 12.4. The van der Waals surface area contributed by atoms with E-state index in [1.54, 1.807) is 35.6 Å². The van der Waals surface area contributed by atoms with E-state index in [9.17, 15) is 4.79 Å². The first-order valence-corrected chi connectivity index (χ1v) is 10.2. The number of thioether (sulfide) groups is 1. The molecule has 3 rings (SSSR count). The third kappa shape index (κ3) is 4.45. The van der Waals surface area contributed by atoms with Gasteiger partial charge >= 0.3 is 6.03 Å². The molecule has 1 unspecified atom stereocenters. The molecule has 6 nitrogen and oxygen atoms in total. The van der Waals surface area contributed by atoms with E-state index in [2.05, 4.69) is 26.5 Å². The molecule has 2 amide bonds. The Balaban J connectivity index is 1.52. The summed E-state index contributed by atoms with van der Waals surface area (Å²) < 4.78 is 0. The van der Waals surface area contributed by atoms with Gasteiger partial charge in [0.15, 0.2) is 0 Å². The number of urea groups is 1. The standard InChI is InChI=1S/C16H21N5OS2/c1-23-10-15-20-13(9-24-15)7-18-16(22)21-6-2-3-12(8-21)14-4-5-17-11-19-14/h4-5,9,11-12H,2-3,6-8,10H2,1H3,(H,18,22). The maximum Gasteiger partial charge on any atom is 0.317 e. The predicted octanol–water partition coefficient (Wildman–Crippen LogP) is 2.89. The molecule has 1 saturated heterocycles. The van der Waals surface area contributed by atoms with Crippen molar-refractivity contribution in [2.75, 3.05) is 19.3 Å². The highest BCUT2D eigenvalue weighted by atomic mass is 32.2. The number of carbonyl (C=O) groups excluding carboxylic acids is 1. The number of aromatic nitrogens is 3. The minimum Gasteiger partial charge on any atom is -0.332 e. The fourth-order valence-corrected chi connectivity index (χ4v) is 4.36. The summed E-state index contributed by atoms with van der Waals surface area (Å²) in [6.45, 7) is 1.98. The molecule has 2 aromatic heterocycles. The number of carbonyl (C=O) groups is 1. The summed E-state index contributed by atoms with van der Waals surface area (Å²) in [4.78, 5) is 27.1. The highest BCUT2D eigenvalue weighted by Gasteiger charge is 2.25. The van der Waals surface area contributed by atoms with Crippen molar-refractivity contribution >= 4 is 29.1 Å². The van der Waals surface area contributed by atoms with Crippen molar-refractivity contribution in [3.8, 4) is 0 Å². The molecule has 1 aliphatic rings. The maximum atomic E-state index is 12.4. The largest absolute Gasteiger partial charge is 0.332 e. The van der Waals surface area contributed by atoms with Crippen molar-refractivity contribution in [1.82, 2.24) is 25.2 Å². The van der Waals surface area contributed by atoms with Gasteiger partial charge in [0.2, 0.25) is 0 Å². The van der Waals surface area contributed by atoms with E-state index >= 15 is 0 Å². The first-order valence-electron chi connectivity index (χ1n) is 7.97. The summed E-state index contributed by atoms with van der Waals surface area (Å²) in [5.74, 6) is 1.21. The van der Waals surface area contributed by atoms with Crippen molar-refractivity contribution in [2.45, 2.75) is 31.1 Å². The quantitative estimate of drug-likeness (QED) is 0.884. The third-order valence-corrected chi connectivity index (χ3v) is 5.66. The summed E-state index contributed by atoms with van der Waals surface area (Å²) in [6, 6.07) is 1.92. The lowest BCUT2D eigenvalue weighted by molar-refractivity contribution is 0.178. The van der Waals surface area contributed by atoms with Crippen LogP contribution in [0.5, 0.6) is 0 Å². The van der Waals surface area contributed by atoms with Crippen LogP contribution in [0.15, 0.2) is 24.0 Å². The van der Waals surface area contributed by atoms with E-state index < -0.39 is 0 Å². The molecular weight excluding hydrogens is 342 g/mol. The Labute approximate surface area is 150 Å². The minimum absolute atomic E-state index is 0.0202. The zero-order valence-corrected chi connectivity index (χ0v) is 15.3. The van der Waals surface area contributed by atoms with Gasteiger partial charge in [0, 0.05) is 42.0 Å². The van der Waals surface area contributed by atoms with E-state index in [0.717, 1.165) is 41.5 Å². The van der Waals surface area contributed by atoms with Gasteiger partial charge in [0.25, 0.3) is 0 Å². The fourth-order valence-electron chi connectivity index (χ4n) is 2.84. The number of piperidine rings is 1. The zero-order valence-electron chi connectivity index (χ0n) is 13.6. The van der Waals surface area contributed by atoms with Gasteiger partial charge < -0.3 is 10.2 Å². The van der Waals surface area contributed by atoms with Crippen molar-refractivity contribution < 1.29 is 4.79 Å². The number of nitrogens with one attached hydrogen (secondary N) is 1. The second-order valence-electron chi connectivity index (χ2n) is 5.74. The molecule has 2 aromatic rings. The molecule has 1 fully saturated rings. The van der Waals surface area contributed by atoms with Crippen molar-refractivity contribution in [1.29, 1.82) is 0 Å². The molecule has 1 atom stereocenters. The SMILES string of the molecule is CSCc1nc(CNC(=O)N2CCCC(c3ccncn3)C2)cs1. The number of nitrogens with zero attached hydrogens (tertiary/aromatic N) is 4. The van der Waals surface area contributed by atoms with E-state index in [4.69, 9.17) is 0 Å². The molecule has 0 bridgehead atoms. The van der Waals surface area contributed by atoms with Crippen LogP contribution in [0.3, 0.4) is 0 Å². The smallest absolute Gasteiger partial charge is 0.317 e. The summed E-state index contributed by atoms with van der Waals surface area (Å²) in [5, 5.41) is 6.11. The van der Waals surface area contributed by atoms with Crippen LogP contribution in [0.1, 0.15) is 35.2 Å². The van der Waals surface area contributed by atoms with Crippen LogP contribution in [-0.2, 0) is 12.3 Å². The van der Waals surface area contributed by atoms with Crippen LogP contribution < -0.4 is 5.32 Å². The Hall–Kier alpha value is -1.67. The normalized spacial score (nSPS) is 17.7. The highest BCUT2D eigenvalue weighted by molar-refractivity contribution is 7.97. The van der Waals surface area contributed by atoms with E-state index in [0.29, 0.717) is 19.0 Å². The van der Waals surface area contributed by atoms with Crippen LogP contribution in [0, 0.1) is 0 Å². The van der Waals surface area contributed by atoms with Gasteiger partial charge in [-0.25, -0.2) is 19.7 Å². The molecule has 0 spiro atoms. The molecule has 0 aliphatic carbocycles. The molecule has 0 aromatic carbocycles. The van der Waals surface area contributed by atoms with Gasteiger partial charge in [-0.05, 0) is 25.2 Å². The summed E-state index contributed by atoms with van der Waals surface area (Å²) in [5.41, 5.74) is 1.95. The summed E-state index contributed by atoms with van der Waals surface area (Å²) >= 11 is 3.40. The van der Waals surface area contributed by atoms with Crippen LogP contribution in [-0.4, -0.2) is 45.2 Å². The van der Waals surface area contributed by atoms with Crippen molar-refractivity contribution in [2.24, 2.45) is 0 Å². The highest BCUT2D eigenvalue weighted by Crippen LogP contribution is 2.25. The molecule has 0 saturated carbocycles. The lowest BCUT2D eigenvalue weighted by atomic mass is 9.95. The van der Waals surface area contributed by atoms with Crippen molar-refractivity contribution in [3.63, 3.8) is 0 Å². The molecule has 8 heteroatoms. The molecule has 3 heterocycles. The van der Waals surface area contributed by atoms with Gasteiger partial charge in [-0.3, -0.25) is 0 Å². The van der Waals surface area contributed by atoms with Gasteiger partial charge in [-0.2, -0.15) is 11.8 Å². The predicted molar refractivity (Wildman–Crippen MR) is 97.1 cm³/mol. The number of amides is 2. The minimum atomic E-state index is -0.0202. The Bertz CT molecular complexity index is 663. The zero-order chi connectivity index (χ0) is 16.8.